The maximum absolute atomic E-state index is 9.68. The van der Waals surface area contributed by atoms with Crippen LogP contribution >= 0.6 is 11.3 Å². The summed E-state index contributed by atoms with van der Waals surface area (Å²) in [5, 5.41) is 16.9. The Kier molecular flexibility index (Phi) is 4.72. The standard InChI is InChI=1S/C22H24N6OS/c1-22(7-3-6-17-18(22)16(13-23)19(24)30-17)21-26-20(27-29-21)14-4-2-5-15(12-14)28-10-8-25-9-11-28/h2,4-5,12,25H,3,6-11,24H2,1H3/p+1/t22-/m0/s1. The lowest BCUT2D eigenvalue weighted by atomic mass is 9.72. The van der Waals surface area contributed by atoms with Gasteiger partial charge in [-0.25, -0.2) is 0 Å². The van der Waals surface area contributed by atoms with Gasteiger partial charge in [0.25, 0.3) is 0 Å². The Balaban J connectivity index is 1.51. The van der Waals surface area contributed by atoms with E-state index in [9.17, 15) is 5.26 Å². The molecule has 2 aromatic heterocycles. The SMILES string of the molecule is C[C@]1(c2nc(-c3cccc(N4CC[NH2+]CC4)c3)no2)CCCc2sc(N)c(C#N)c21. The molecule has 1 aliphatic heterocycles. The number of thiophene rings is 1. The van der Waals surface area contributed by atoms with Gasteiger partial charge in [-0.05, 0) is 38.3 Å². The highest BCUT2D eigenvalue weighted by atomic mass is 32.1. The first-order valence-electron chi connectivity index (χ1n) is 10.4. The first-order valence-corrected chi connectivity index (χ1v) is 11.2. The average molecular weight is 422 g/mol. The van der Waals surface area contributed by atoms with Crippen molar-refractivity contribution in [2.75, 3.05) is 36.8 Å². The minimum absolute atomic E-state index is 0.488. The molecule has 8 heteroatoms. The maximum Gasteiger partial charge on any atom is 0.237 e. The second kappa shape index (κ2) is 7.42. The number of fused-ring (bicyclic) bond motifs is 1. The Morgan fingerprint density at radius 1 is 1.33 bits per heavy atom. The highest BCUT2D eigenvalue weighted by molar-refractivity contribution is 7.16. The summed E-state index contributed by atoms with van der Waals surface area (Å²) in [6.07, 6.45) is 2.81. The molecule has 0 spiro atoms. The summed E-state index contributed by atoms with van der Waals surface area (Å²) < 4.78 is 5.79. The minimum Gasteiger partial charge on any atom is -0.389 e. The lowest BCUT2D eigenvalue weighted by molar-refractivity contribution is -0.655. The first-order chi connectivity index (χ1) is 14.6. The smallest absolute Gasteiger partial charge is 0.237 e. The van der Waals surface area contributed by atoms with E-state index in [4.69, 9.17) is 15.2 Å². The van der Waals surface area contributed by atoms with Crippen molar-refractivity contribution in [3.8, 4) is 17.5 Å². The molecule has 1 aromatic carbocycles. The molecule has 0 radical (unpaired) electrons. The van der Waals surface area contributed by atoms with E-state index < -0.39 is 5.41 Å². The summed E-state index contributed by atoms with van der Waals surface area (Å²) in [7, 11) is 0. The summed E-state index contributed by atoms with van der Waals surface area (Å²) >= 11 is 1.52. The van der Waals surface area contributed by atoms with Crippen molar-refractivity contribution in [2.24, 2.45) is 0 Å². The zero-order valence-corrected chi connectivity index (χ0v) is 17.8. The van der Waals surface area contributed by atoms with Crippen LogP contribution in [0.4, 0.5) is 10.7 Å². The van der Waals surface area contributed by atoms with Gasteiger partial charge in [-0.1, -0.05) is 17.3 Å². The molecule has 0 amide bonds. The average Bonchev–Trinajstić information content (AvgIpc) is 3.40. The van der Waals surface area contributed by atoms with Crippen LogP contribution in [0.2, 0.25) is 0 Å². The molecule has 7 nitrogen and oxygen atoms in total. The number of nitrogens with zero attached hydrogens (tertiary/aromatic N) is 4. The normalized spacial score (nSPS) is 21.3. The lowest BCUT2D eigenvalue weighted by Crippen LogP contribution is -2.89. The van der Waals surface area contributed by atoms with E-state index in [1.54, 1.807) is 0 Å². The number of rotatable bonds is 3. The van der Waals surface area contributed by atoms with Crippen LogP contribution in [0.5, 0.6) is 0 Å². The van der Waals surface area contributed by atoms with Gasteiger partial charge in [0.05, 0.1) is 37.2 Å². The molecule has 4 N–H and O–H groups in total. The molecule has 1 fully saturated rings. The fourth-order valence-electron chi connectivity index (χ4n) is 4.72. The number of aryl methyl sites for hydroxylation is 1. The molecular weight excluding hydrogens is 396 g/mol. The van der Waals surface area contributed by atoms with Crippen molar-refractivity contribution >= 4 is 22.0 Å². The summed E-state index contributed by atoms with van der Waals surface area (Å²) in [5.41, 5.74) is 9.34. The van der Waals surface area contributed by atoms with E-state index >= 15 is 0 Å². The van der Waals surface area contributed by atoms with Crippen LogP contribution in [0.15, 0.2) is 28.8 Å². The second-order valence-electron chi connectivity index (χ2n) is 8.26. The van der Waals surface area contributed by atoms with E-state index in [0.717, 1.165) is 56.6 Å². The Bertz CT molecular complexity index is 1120. The molecular formula is C22H25N6OS+. The number of benzene rings is 1. The third-order valence-electron chi connectivity index (χ3n) is 6.33. The molecule has 3 aromatic rings. The zero-order chi connectivity index (χ0) is 20.7. The van der Waals surface area contributed by atoms with Crippen molar-refractivity contribution in [3.63, 3.8) is 0 Å². The number of hydrogen-bond acceptors (Lipinski definition) is 7. The van der Waals surface area contributed by atoms with E-state index in [1.165, 1.54) is 21.9 Å². The van der Waals surface area contributed by atoms with Crippen LogP contribution in [-0.2, 0) is 11.8 Å². The topological polar surface area (TPSA) is 109 Å². The van der Waals surface area contributed by atoms with Crippen LogP contribution in [0.25, 0.3) is 11.4 Å². The number of nitriles is 1. The molecule has 30 heavy (non-hydrogen) atoms. The van der Waals surface area contributed by atoms with Crippen LogP contribution in [0, 0.1) is 11.3 Å². The Morgan fingerprint density at radius 3 is 2.97 bits per heavy atom. The summed E-state index contributed by atoms with van der Waals surface area (Å²) in [6, 6.07) is 10.6. The van der Waals surface area contributed by atoms with Gasteiger partial charge in [0.15, 0.2) is 0 Å². The van der Waals surface area contributed by atoms with Crippen molar-refractivity contribution in [2.45, 2.75) is 31.6 Å². The van der Waals surface area contributed by atoms with E-state index in [2.05, 4.69) is 40.5 Å². The van der Waals surface area contributed by atoms with Gasteiger partial charge in [-0.2, -0.15) is 10.2 Å². The monoisotopic (exact) mass is 421 g/mol. The van der Waals surface area contributed by atoms with Gasteiger partial charge in [0, 0.05) is 21.7 Å². The second-order valence-corrected chi connectivity index (χ2v) is 9.40. The lowest BCUT2D eigenvalue weighted by Gasteiger charge is -2.30. The Labute approximate surface area is 179 Å². The van der Waals surface area contributed by atoms with Crippen LogP contribution in [0.1, 0.15) is 41.7 Å². The van der Waals surface area contributed by atoms with E-state index in [0.29, 0.717) is 22.3 Å². The number of piperazine rings is 1. The summed E-state index contributed by atoms with van der Waals surface area (Å²) in [5.74, 6) is 1.15. The predicted octanol–water partition coefficient (Wildman–Crippen LogP) is 2.28. The van der Waals surface area contributed by atoms with Gasteiger partial charge < -0.3 is 20.5 Å². The fraction of sp³-hybridized carbons (Fsp3) is 0.409. The Hall–Kier alpha value is -2.89. The molecule has 2 aliphatic rings. The number of anilines is 2. The largest absolute Gasteiger partial charge is 0.389 e. The molecule has 1 saturated heterocycles. The number of aromatic nitrogens is 2. The van der Waals surface area contributed by atoms with Gasteiger partial charge in [0.1, 0.15) is 11.1 Å². The van der Waals surface area contributed by atoms with Gasteiger partial charge in [-0.15, -0.1) is 11.3 Å². The van der Waals surface area contributed by atoms with Gasteiger partial charge in [-0.3, -0.25) is 0 Å². The third-order valence-corrected chi connectivity index (χ3v) is 7.41. The molecule has 0 saturated carbocycles. The van der Waals surface area contributed by atoms with Crippen molar-refractivity contribution in [3.05, 3.63) is 46.2 Å². The van der Waals surface area contributed by atoms with Crippen molar-refractivity contribution in [1.29, 1.82) is 5.26 Å². The van der Waals surface area contributed by atoms with E-state index in [-0.39, 0.29) is 0 Å². The molecule has 154 valence electrons. The highest BCUT2D eigenvalue weighted by Gasteiger charge is 2.42. The molecule has 5 rings (SSSR count). The third kappa shape index (κ3) is 3.06. The summed E-state index contributed by atoms with van der Waals surface area (Å²) in [4.78, 5) is 8.36. The van der Waals surface area contributed by atoms with Crippen LogP contribution in [0.3, 0.4) is 0 Å². The van der Waals surface area contributed by atoms with E-state index in [1.807, 2.05) is 12.1 Å². The minimum atomic E-state index is -0.488. The number of hydrogen-bond donors (Lipinski definition) is 2. The predicted molar refractivity (Wildman–Crippen MR) is 116 cm³/mol. The molecule has 0 unspecified atom stereocenters. The molecule has 3 heterocycles. The molecule has 1 atom stereocenters. The fourth-order valence-corrected chi connectivity index (χ4v) is 5.92. The van der Waals surface area contributed by atoms with Gasteiger partial charge in [0.2, 0.25) is 11.7 Å². The van der Waals surface area contributed by atoms with Gasteiger partial charge >= 0.3 is 0 Å². The number of quaternary nitrogens is 1. The Morgan fingerprint density at radius 2 is 2.17 bits per heavy atom. The summed E-state index contributed by atoms with van der Waals surface area (Å²) in [6.45, 7) is 6.40. The van der Waals surface area contributed by atoms with Crippen molar-refractivity contribution < 1.29 is 9.84 Å². The highest BCUT2D eigenvalue weighted by Crippen LogP contribution is 2.48. The quantitative estimate of drug-likeness (QED) is 0.672. The zero-order valence-electron chi connectivity index (χ0n) is 17.0. The van der Waals surface area contributed by atoms with Crippen LogP contribution in [-0.4, -0.2) is 36.3 Å². The number of nitrogens with two attached hydrogens (primary N) is 2. The molecule has 0 bridgehead atoms. The maximum atomic E-state index is 9.68. The molecule has 1 aliphatic carbocycles. The van der Waals surface area contributed by atoms with Crippen molar-refractivity contribution in [1.82, 2.24) is 10.1 Å². The van der Waals surface area contributed by atoms with Crippen LogP contribution < -0.4 is 16.0 Å². The first kappa shape index (κ1) is 19.1. The number of nitrogen functional groups attached to an aromatic ring is 1.